The van der Waals surface area contributed by atoms with E-state index in [2.05, 4.69) is 27.9 Å². The summed E-state index contributed by atoms with van der Waals surface area (Å²) in [6, 6.07) is 11.5. The Morgan fingerprint density at radius 3 is 2.68 bits per heavy atom. The van der Waals surface area contributed by atoms with Crippen molar-refractivity contribution < 1.29 is 13.9 Å². The molecular formula is C14H11FINO2. The van der Waals surface area contributed by atoms with E-state index in [0.717, 1.165) is 3.57 Å². The van der Waals surface area contributed by atoms with Crippen LogP contribution in [0.4, 0.5) is 10.1 Å². The Morgan fingerprint density at radius 2 is 2.00 bits per heavy atom. The number of halogens is 2. The first-order chi connectivity index (χ1) is 9.11. The standard InChI is InChI=1S/C14H11FINO2/c1-19-12-7-3-6-11(15)13(12)14(18)17-10-5-2-4-9(16)8-10/h2-8H,1H3,(H,17,18). The maximum atomic E-state index is 13.7. The topological polar surface area (TPSA) is 38.3 Å². The predicted octanol–water partition coefficient (Wildman–Crippen LogP) is 3.69. The van der Waals surface area contributed by atoms with Crippen molar-refractivity contribution in [3.63, 3.8) is 0 Å². The molecule has 3 nitrogen and oxygen atoms in total. The number of carbonyl (C=O) groups is 1. The lowest BCUT2D eigenvalue weighted by molar-refractivity contribution is 0.102. The molecule has 0 heterocycles. The van der Waals surface area contributed by atoms with Crippen LogP contribution in [0.1, 0.15) is 10.4 Å². The molecule has 0 aliphatic heterocycles. The van der Waals surface area contributed by atoms with Crippen LogP contribution in [0, 0.1) is 9.39 Å². The van der Waals surface area contributed by atoms with Gasteiger partial charge in [0.05, 0.1) is 7.11 Å². The van der Waals surface area contributed by atoms with Crippen LogP contribution in [0.15, 0.2) is 42.5 Å². The lowest BCUT2D eigenvalue weighted by Gasteiger charge is -2.10. The van der Waals surface area contributed by atoms with Gasteiger partial charge in [-0.15, -0.1) is 0 Å². The van der Waals surface area contributed by atoms with E-state index in [1.165, 1.54) is 19.2 Å². The summed E-state index contributed by atoms with van der Waals surface area (Å²) in [6.07, 6.45) is 0. The molecular weight excluding hydrogens is 360 g/mol. The maximum absolute atomic E-state index is 13.7. The summed E-state index contributed by atoms with van der Waals surface area (Å²) in [5, 5.41) is 2.65. The van der Waals surface area contributed by atoms with Crippen LogP contribution < -0.4 is 10.1 Å². The van der Waals surface area contributed by atoms with Crippen LogP contribution in [-0.4, -0.2) is 13.0 Å². The molecule has 0 fully saturated rings. The number of hydrogen-bond donors (Lipinski definition) is 1. The van der Waals surface area contributed by atoms with Gasteiger partial charge < -0.3 is 10.1 Å². The van der Waals surface area contributed by atoms with Gasteiger partial charge in [0, 0.05) is 9.26 Å². The summed E-state index contributed by atoms with van der Waals surface area (Å²) in [6.45, 7) is 0. The molecule has 0 bridgehead atoms. The van der Waals surface area contributed by atoms with E-state index in [-0.39, 0.29) is 11.3 Å². The number of methoxy groups -OCH3 is 1. The van der Waals surface area contributed by atoms with Gasteiger partial charge in [0.2, 0.25) is 0 Å². The smallest absolute Gasteiger partial charge is 0.262 e. The highest BCUT2D eigenvalue weighted by molar-refractivity contribution is 14.1. The molecule has 2 rings (SSSR count). The number of anilines is 1. The molecule has 1 amide bonds. The third kappa shape index (κ3) is 3.23. The second kappa shape index (κ2) is 6.01. The zero-order valence-corrected chi connectivity index (χ0v) is 12.3. The van der Waals surface area contributed by atoms with Crippen molar-refractivity contribution in [1.29, 1.82) is 0 Å². The van der Waals surface area contributed by atoms with Crippen molar-refractivity contribution >= 4 is 34.2 Å². The summed E-state index contributed by atoms with van der Waals surface area (Å²) in [5.74, 6) is -0.928. The molecule has 0 aliphatic rings. The van der Waals surface area contributed by atoms with Crippen LogP contribution in [0.2, 0.25) is 0 Å². The fourth-order valence-corrected chi connectivity index (χ4v) is 2.20. The third-order valence-corrected chi connectivity index (χ3v) is 3.18. The minimum absolute atomic E-state index is 0.0936. The normalized spacial score (nSPS) is 10.1. The molecule has 2 aromatic rings. The van der Waals surface area contributed by atoms with Crippen LogP contribution >= 0.6 is 22.6 Å². The SMILES string of the molecule is COc1cccc(F)c1C(=O)Nc1cccc(I)c1. The first kappa shape index (κ1) is 13.8. The second-order valence-electron chi connectivity index (χ2n) is 3.78. The summed E-state index contributed by atoms with van der Waals surface area (Å²) < 4.78 is 19.7. The van der Waals surface area contributed by atoms with Crippen molar-refractivity contribution in [3.8, 4) is 5.75 Å². The first-order valence-electron chi connectivity index (χ1n) is 5.51. The minimum Gasteiger partial charge on any atom is -0.496 e. The quantitative estimate of drug-likeness (QED) is 0.836. The average Bonchev–Trinajstić information content (AvgIpc) is 2.38. The number of ether oxygens (including phenoxy) is 1. The molecule has 0 atom stereocenters. The van der Waals surface area contributed by atoms with Gasteiger partial charge in [0.1, 0.15) is 17.1 Å². The fourth-order valence-electron chi connectivity index (χ4n) is 1.65. The van der Waals surface area contributed by atoms with E-state index in [1.54, 1.807) is 18.2 Å². The van der Waals surface area contributed by atoms with Crippen molar-refractivity contribution in [2.45, 2.75) is 0 Å². The molecule has 0 unspecified atom stereocenters. The first-order valence-corrected chi connectivity index (χ1v) is 6.59. The molecule has 0 aliphatic carbocycles. The lowest BCUT2D eigenvalue weighted by Crippen LogP contribution is -2.15. The van der Waals surface area contributed by atoms with E-state index in [9.17, 15) is 9.18 Å². The Balaban J connectivity index is 2.30. The summed E-state index contributed by atoms with van der Waals surface area (Å²) in [7, 11) is 1.40. The van der Waals surface area contributed by atoms with Gasteiger partial charge >= 0.3 is 0 Å². The van der Waals surface area contributed by atoms with Gasteiger partial charge in [-0.3, -0.25) is 4.79 Å². The molecule has 0 spiro atoms. The lowest BCUT2D eigenvalue weighted by atomic mass is 10.1. The van der Waals surface area contributed by atoms with Crippen molar-refractivity contribution in [2.24, 2.45) is 0 Å². The molecule has 0 aromatic heterocycles. The summed E-state index contributed by atoms with van der Waals surface area (Å²) in [5.41, 5.74) is 0.520. The number of nitrogens with one attached hydrogen (secondary N) is 1. The van der Waals surface area contributed by atoms with E-state index >= 15 is 0 Å². The summed E-state index contributed by atoms with van der Waals surface area (Å²) >= 11 is 2.14. The zero-order valence-electron chi connectivity index (χ0n) is 10.1. The summed E-state index contributed by atoms with van der Waals surface area (Å²) in [4.78, 5) is 12.1. The highest BCUT2D eigenvalue weighted by Crippen LogP contribution is 2.22. The van der Waals surface area contributed by atoms with Gasteiger partial charge in [-0.25, -0.2) is 4.39 Å². The number of rotatable bonds is 3. The Hall–Kier alpha value is -1.63. The Labute approximate surface area is 123 Å². The average molecular weight is 371 g/mol. The highest BCUT2D eigenvalue weighted by atomic mass is 127. The highest BCUT2D eigenvalue weighted by Gasteiger charge is 2.17. The molecule has 0 saturated carbocycles. The van der Waals surface area contributed by atoms with Gasteiger partial charge in [0.25, 0.3) is 5.91 Å². The van der Waals surface area contributed by atoms with Gasteiger partial charge in [0.15, 0.2) is 0 Å². The van der Waals surface area contributed by atoms with E-state index in [0.29, 0.717) is 5.69 Å². The number of hydrogen-bond acceptors (Lipinski definition) is 2. The second-order valence-corrected chi connectivity index (χ2v) is 5.03. The maximum Gasteiger partial charge on any atom is 0.262 e. The van der Waals surface area contributed by atoms with Crippen LogP contribution in [-0.2, 0) is 0 Å². The van der Waals surface area contributed by atoms with E-state index in [4.69, 9.17) is 4.74 Å². The number of amides is 1. The van der Waals surface area contributed by atoms with Crippen molar-refractivity contribution in [3.05, 3.63) is 57.4 Å². The zero-order chi connectivity index (χ0) is 13.8. The van der Waals surface area contributed by atoms with Crippen molar-refractivity contribution in [1.82, 2.24) is 0 Å². The Bertz CT molecular complexity index is 616. The Morgan fingerprint density at radius 1 is 1.26 bits per heavy atom. The van der Waals surface area contributed by atoms with Crippen LogP contribution in [0.3, 0.4) is 0 Å². The molecule has 0 saturated heterocycles. The number of benzene rings is 2. The van der Waals surface area contributed by atoms with Crippen molar-refractivity contribution in [2.75, 3.05) is 12.4 Å². The largest absolute Gasteiger partial charge is 0.496 e. The van der Waals surface area contributed by atoms with E-state index < -0.39 is 11.7 Å². The minimum atomic E-state index is -0.609. The number of carbonyl (C=O) groups excluding carboxylic acids is 1. The molecule has 5 heteroatoms. The van der Waals surface area contributed by atoms with E-state index in [1.807, 2.05) is 12.1 Å². The molecule has 19 heavy (non-hydrogen) atoms. The predicted molar refractivity (Wildman–Crippen MR) is 80.1 cm³/mol. The van der Waals surface area contributed by atoms with Crippen LogP contribution in [0.5, 0.6) is 5.75 Å². The van der Waals surface area contributed by atoms with Gasteiger partial charge in [-0.2, -0.15) is 0 Å². The molecule has 1 N–H and O–H groups in total. The molecule has 98 valence electrons. The third-order valence-electron chi connectivity index (χ3n) is 2.50. The fraction of sp³-hybridized carbons (Fsp3) is 0.0714. The molecule has 2 aromatic carbocycles. The van der Waals surface area contributed by atoms with Gasteiger partial charge in [-0.1, -0.05) is 12.1 Å². The Kier molecular flexibility index (Phi) is 4.36. The monoisotopic (exact) mass is 371 g/mol. The van der Waals surface area contributed by atoms with Crippen LogP contribution in [0.25, 0.3) is 0 Å². The molecule has 0 radical (unpaired) electrons. The van der Waals surface area contributed by atoms with Gasteiger partial charge in [-0.05, 0) is 52.9 Å².